The summed E-state index contributed by atoms with van der Waals surface area (Å²) in [4.78, 5) is 0. The number of benzene rings is 10. The van der Waals surface area contributed by atoms with Gasteiger partial charge < -0.3 is 0 Å². The predicted molar refractivity (Wildman–Crippen MR) is 216 cm³/mol. The summed E-state index contributed by atoms with van der Waals surface area (Å²) in [6.45, 7) is 0. The Morgan fingerprint density at radius 3 is 0.940 bits per heavy atom. The van der Waals surface area contributed by atoms with Gasteiger partial charge in [-0.15, -0.1) is 0 Å². The maximum absolute atomic E-state index is 2.34. The van der Waals surface area contributed by atoms with Crippen LogP contribution in [0.25, 0.3) is 98.4 Å². The minimum atomic E-state index is 1.22. The van der Waals surface area contributed by atoms with Gasteiger partial charge in [0.15, 0.2) is 0 Å². The number of fused-ring (bicyclic) bond motifs is 5. The van der Waals surface area contributed by atoms with E-state index in [-0.39, 0.29) is 0 Å². The van der Waals surface area contributed by atoms with E-state index in [1.54, 1.807) is 0 Å². The van der Waals surface area contributed by atoms with E-state index in [0.29, 0.717) is 0 Å². The van der Waals surface area contributed by atoms with Crippen LogP contribution in [0.1, 0.15) is 0 Å². The highest BCUT2D eigenvalue weighted by Crippen LogP contribution is 2.44. The molecule has 0 heteroatoms. The Balaban J connectivity index is 1.04. The van der Waals surface area contributed by atoms with Crippen molar-refractivity contribution in [3.05, 3.63) is 194 Å². The summed E-state index contributed by atoms with van der Waals surface area (Å²) in [6, 6.07) is 71.4. The second-order valence-corrected chi connectivity index (χ2v) is 13.3. The molecule has 0 N–H and O–H groups in total. The van der Waals surface area contributed by atoms with Gasteiger partial charge >= 0.3 is 0 Å². The summed E-state index contributed by atoms with van der Waals surface area (Å²) in [7, 11) is 0. The Bertz CT molecular complexity index is 2850. The lowest BCUT2D eigenvalue weighted by atomic mass is 9.85. The molecule has 0 aliphatic carbocycles. The summed E-state index contributed by atoms with van der Waals surface area (Å²) in [6.07, 6.45) is 0. The molecule has 50 heavy (non-hydrogen) atoms. The van der Waals surface area contributed by atoms with Crippen molar-refractivity contribution in [3.63, 3.8) is 0 Å². The van der Waals surface area contributed by atoms with Gasteiger partial charge in [0, 0.05) is 0 Å². The van der Waals surface area contributed by atoms with E-state index < -0.39 is 0 Å². The van der Waals surface area contributed by atoms with Gasteiger partial charge in [-0.3, -0.25) is 0 Å². The Kier molecular flexibility index (Phi) is 6.60. The van der Waals surface area contributed by atoms with Crippen molar-refractivity contribution in [1.29, 1.82) is 0 Å². The highest BCUT2D eigenvalue weighted by atomic mass is 14.2. The van der Waals surface area contributed by atoms with Crippen LogP contribution in [0.2, 0.25) is 0 Å². The third kappa shape index (κ3) is 4.77. The third-order valence-corrected chi connectivity index (χ3v) is 10.4. The Hall–Kier alpha value is -6.50. The van der Waals surface area contributed by atoms with E-state index in [0.717, 1.165) is 0 Å². The molecule has 10 aromatic carbocycles. The number of hydrogen-bond acceptors (Lipinski definition) is 0. The van der Waals surface area contributed by atoms with E-state index in [2.05, 4.69) is 194 Å². The molecule has 0 aliphatic rings. The summed E-state index contributed by atoms with van der Waals surface area (Å²) >= 11 is 0. The summed E-state index contributed by atoms with van der Waals surface area (Å²) in [5.74, 6) is 0. The van der Waals surface area contributed by atoms with Crippen LogP contribution in [0, 0.1) is 0 Å². The van der Waals surface area contributed by atoms with E-state index in [4.69, 9.17) is 0 Å². The summed E-state index contributed by atoms with van der Waals surface area (Å²) in [5.41, 5.74) is 9.99. The van der Waals surface area contributed by atoms with E-state index in [9.17, 15) is 0 Å². The van der Waals surface area contributed by atoms with Crippen LogP contribution >= 0.6 is 0 Å². The van der Waals surface area contributed by atoms with Crippen molar-refractivity contribution in [1.82, 2.24) is 0 Å². The van der Waals surface area contributed by atoms with E-state index >= 15 is 0 Å². The van der Waals surface area contributed by atoms with Crippen LogP contribution in [-0.4, -0.2) is 0 Å². The molecule has 0 amide bonds. The maximum atomic E-state index is 2.34. The molecule has 0 atom stereocenters. The molecular weight excluding hydrogens is 601 g/mol. The Morgan fingerprint density at radius 1 is 0.180 bits per heavy atom. The van der Waals surface area contributed by atoms with Gasteiger partial charge in [0.05, 0.1) is 0 Å². The number of rotatable bonds is 4. The fourth-order valence-corrected chi connectivity index (χ4v) is 7.90. The molecule has 10 rings (SSSR count). The van der Waals surface area contributed by atoms with Crippen LogP contribution in [-0.2, 0) is 0 Å². The van der Waals surface area contributed by atoms with E-state index in [1.807, 2.05) is 0 Å². The lowest BCUT2D eigenvalue weighted by molar-refractivity contribution is 1.62. The molecule has 0 bridgehead atoms. The molecule has 0 nitrogen and oxygen atoms in total. The molecule has 0 saturated heterocycles. The lowest BCUT2D eigenvalue weighted by Crippen LogP contribution is -1.91. The third-order valence-electron chi connectivity index (χ3n) is 10.4. The van der Waals surface area contributed by atoms with Gasteiger partial charge in [0.1, 0.15) is 0 Å². The normalized spacial score (nSPS) is 11.6. The molecule has 0 radical (unpaired) electrons. The van der Waals surface area contributed by atoms with Gasteiger partial charge in [-0.1, -0.05) is 170 Å². The lowest BCUT2D eigenvalue weighted by Gasteiger charge is -2.18. The van der Waals surface area contributed by atoms with Crippen LogP contribution in [0.3, 0.4) is 0 Å². The maximum Gasteiger partial charge on any atom is -0.00262 e. The van der Waals surface area contributed by atoms with Gasteiger partial charge in [-0.25, -0.2) is 0 Å². The van der Waals surface area contributed by atoms with Gasteiger partial charge in [0.25, 0.3) is 0 Å². The molecule has 0 aliphatic heterocycles. The molecule has 10 aromatic rings. The summed E-state index contributed by atoms with van der Waals surface area (Å²) < 4.78 is 0. The zero-order valence-electron chi connectivity index (χ0n) is 27.5. The van der Waals surface area contributed by atoms with Crippen LogP contribution in [0.5, 0.6) is 0 Å². The fourth-order valence-electron chi connectivity index (χ4n) is 7.90. The smallest absolute Gasteiger partial charge is 0.00262 e. The summed E-state index contributed by atoms with van der Waals surface area (Å²) in [5, 5.41) is 12.7. The fraction of sp³-hybridized carbons (Fsp3) is 0. The first-order chi connectivity index (χ1) is 24.8. The molecular formula is C50H32. The Labute approximate surface area is 291 Å². The molecule has 0 saturated carbocycles. The zero-order valence-corrected chi connectivity index (χ0v) is 27.5. The van der Waals surface area contributed by atoms with Gasteiger partial charge in [-0.05, 0) is 123 Å². The van der Waals surface area contributed by atoms with Gasteiger partial charge in [0.2, 0.25) is 0 Å². The first kappa shape index (κ1) is 28.5. The Morgan fingerprint density at radius 2 is 0.460 bits per heavy atom. The topological polar surface area (TPSA) is 0 Å². The van der Waals surface area contributed by atoms with E-state index in [1.165, 1.54) is 98.4 Å². The largest absolute Gasteiger partial charge is 0.0616 e. The monoisotopic (exact) mass is 632 g/mol. The highest BCUT2D eigenvalue weighted by molar-refractivity contribution is 6.21. The molecule has 0 unspecified atom stereocenters. The molecule has 0 heterocycles. The van der Waals surface area contributed by atoms with Crippen molar-refractivity contribution in [2.75, 3.05) is 0 Å². The molecule has 0 spiro atoms. The van der Waals surface area contributed by atoms with Gasteiger partial charge in [-0.2, -0.15) is 0 Å². The molecule has 0 fully saturated rings. The van der Waals surface area contributed by atoms with Crippen molar-refractivity contribution in [2.24, 2.45) is 0 Å². The molecule has 0 aromatic heterocycles. The molecule has 232 valence electrons. The van der Waals surface area contributed by atoms with Crippen LogP contribution < -0.4 is 0 Å². The van der Waals surface area contributed by atoms with Crippen molar-refractivity contribution >= 4 is 53.9 Å². The van der Waals surface area contributed by atoms with Crippen LogP contribution in [0.15, 0.2) is 194 Å². The zero-order chi connectivity index (χ0) is 33.0. The first-order valence-electron chi connectivity index (χ1n) is 17.3. The van der Waals surface area contributed by atoms with Crippen molar-refractivity contribution in [3.8, 4) is 44.5 Å². The standard InChI is InChI=1S/C50H32/c1-3-11-37-29-40(23-19-33(37)9-1)43-27-26-41-30-39(24-25-42(41)31-43)35-17-21-36(22-18-35)49-45-13-5-7-15-47(45)50(48-16-8-6-14-46(48)49)44-28-20-34-10-2-4-12-38(34)32-44/h1-32H. The minimum absolute atomic E-state index is 1.22. The minimum Gasteiger partial charge on any atom is -0.0616 e. The number of hydrogen-bond donors (Lipinski definition) is 0. The quantitative estimate of drug-likeness (QED) is 0.169. The van der Waals surface area contributed by atoms with Crippen molar-refractivity contribution in [2.45, 2.75) is 0 Å². The van der Waals surface area contributed by atoms with Crippen LogP contribution in [0.4, 0.5) is 0 Å². The SMILES string of the molecule is c1ccc2cc(-c3ccc4cc(-c5ccc(-c6c7ccccc7c(-c7ccc8ccccc8c7)c7ccccc67)cc5)ccc4c3)ccc2c1. The first-order valence-corrected chi connectivity index (χ1v) is 17.3. The predicted octanol–water partition coefficient (Wildman–Crippen LogP) is 14.1. The average molecular weight is 633 g/mol. The average Bonchev–Trinajstić information content (AvgIpc) is 3.19. The van der Waals surface area contributed by atoms with Crippen molar-refractivity contribution < 1.29 is 0 Å². The highest BCUT2D eigenvalue weighted by Gasteiger charge is 2.17. The second-order valence-electron chi connectivity index (χ2n) is 13.3. The second kappa shape index (κ2) is 11.6.